The van der Waals surface area contributed by atoms with Crippen LogP contribution in [-0.4, -0.2) is 68.9 Å². The Balaban J connectivity index is 0.877. The SMILES string of the molecule is N#Cc1cc(-n2c3cc(-c4nc(-c5ccccc5)nc(-c5ccccc5)n4)ccc3c3ccc(-c4nc(-c5ccccc5)nc(-c5ccccc5)n4)cc32)c(-c2c(F)cccc2F)cc1-n1c2cc(-c3nc(-c4ccccc4)nc(-c4ccccc4)n3)ccc2c2ccc(-c3nc(-c4ccccc4)nc(-c4ccccc4)n3)cc21. The van der Waals surface area contributed by atoms with Gasteiger partial charge in [-0.3, -0.25) is 0 Å². The molecule has 15 nitrogen and oxygen atoms in total. The first-order valence-electron chi connectivity index (χ1n) is 36.9. The summed E-state index contributed by atoms with van der Waals surface area (Å²) in [5, 5.41) is 15.4. The molecule has 0 atom stereocenters. The van der Waals surface area contributed by atoms with Crippen LogP contribution < -0.4 is 0 Å². The maximum atomic E-state index is 17.9. The van der Waals surface area contributed by atoms with Crippen LogP contribution in [-0.2, 0) is 0 Å². The van der Waals surface area contributed by atoms with Crippen LogP contribution in [0.4, 0.5) is 8.78 Å². The third-order valence-electron chi connectivity index (χ3n) is 20.3. The second-order valence-corrected chi connectivity index (χ2v) is 27.3. The number of nitrogens with zero attached hydrogens (tertiary/aromatic N) is 15. The normalized spacial score (nSPS) is 11.4. The van der Waals surface area contributed by atoms with Crippen LogP contribution in [0.25, 0.3) is 203 Å². The first kappa shape index (κ1) is 67.4. The molecule has 0 saturated carbocycles. The van der Waals surface area contributed by atoms with Gasteiger partial charge in [0.05, 0.1) is 44.6 Å². The first-order valence-corrected chi connectivity index (χ1v) is 36.9. The Hall–Kier alpha value is -15.9. The van der Waals surface area contributed by atoms with E-state index < -0.39 is 11.6 Å². The molecule has 114 heavy (non-hydrogen) atoms. The first-order chi connectivity index (χ1) is 56.2. The smallest absolute Gasteiger partial charge is 0.164 e. The zero-order chi connectivity index (χ0) is 76.2. The fraction of sp³-hybridized carbons (Fsp3) is 0. The molecule has 0 N–H and O–H groups in total. The highest BCUT2D eigenvalue weighted by Crippen LogP contribution is 2.46. The van der Waals surface area contributed by atoms with E-state index in [2.05, 4.69) is 6.07 Å². The average molecular weight is 1470 g/mol. The maximum Gasteiger partial charge on any atom is 0.164 e. The number of aromatic nitrogens is 14. The lowest BCUT2D eigenvalue weighted by molar-refractivity contribution is 0.589. The van der Waals surface area contributed by atoms with E-state index in [9.17, 15) is 5.26 Å². The third-order valence-corrected chi connectivity index (χ3v) is 20.3. The van der Waals surface area contributed by atoms with Crippen LogP contribution in [0.15, 0.2) is 346 Å². The summed E-state index contributed by atoms with van der Waals surface area (Å²) in [4.78, 5) is 61.6. The van der Waals surface area contributed by atoms with Gasteiger partial charge in [0.2, 0.25) is 0 Å². The van der Waals surface area contributed by atoms with Gasteiger partial charge in [0.25, 0.3) is 0 Å². The minimum Gasteiger partial charge on any atom is -0.309 e. The molecule has 0 aliphatic rings. The summed E-state index contributed by atoms with van der Waals surface area (Å²) in [6.45, 7) is 0. The van der Waals surface area contributed by atoms with Crippen molar-refractivity contribution < 1.29 is 8.78 Å². The Morgan fingerprint density at radius 2 is 0.421 bits per heavy atom. The van der Waals surface area contributed by atoms with E-state index in [1.165, 1.54) is 18.2 Å². The molecule has 20 aromatic rings. The standard InChI is InChI=1S/C97H57F2N15/c98-77-42-25-43-78(99)85(77)76-57-79(113-80-52-67(94-105-86(59-26-9-1-10-27-59)101-87(106-94)60-28-11-2-12-29-60)44-48-72(80)73-49-45-68(53-81(73)113)95-107-88(61-30-13-3-14-31-61)102-89(108-95)62-32-15-4-16-33-62)71(58-100)56-84(76)114-82-54-69(96-109-90(63-34-17-5-18-35-63)103-91(110-96)64-36-19-6-20-37-64)46-50-74(82)75-51-47-70(55-83(75)114)97-111-92(65-38-21-7-22-39-65)104-93(112-97)66-40-23-8-24-41-66/h1-57H. The Labute approximate surface area is 651 Å². The minimum absolute atomic E-state index is 0.0993. The molecular weight excluding hydrogens is 1410 g/mol. The molecule has 0 radical (unpaired) electrons. The van der Waals surface area contributed by atoms with Gasteiger partial charge in [-0.05, 0) is 48.5 Å². The van der Waals surface area contributed by atoms with Crippen molar-refractivity contribution >= 4 is 43.6 Å². The summed E-state index contributed by atoms with van der Waals surface area (Å²) >= 11 is 0. The molecule has 6 aromatic heterocycles. The van der Waals surface area contributed by atoms with Crippen molar-refractivity contribution in [3.8, 4) is 165 Å². The summed E-state index contributed by atoms with van der Waals surface area (Å²) in [5.74, 6) is 3.41. The molecule has 20 rings (SSSR count). The second-order valence-electron chi connectivity index (χ2n) is 27.3. The van der Waals surface area contributed by atoms with E-state index in [0.717, 1.165) is 66.1 Å². The Morgan fingerprint density at radius 3 is 0.640 bits per heavy atom. The average Bonchev–Trinajstić information content (AvgIpc) is 1.54. The van der Waals surface area contributed by atoms with Crippen molar-refractivity contribution in [3.63, 3.8) is 0 Å². The Kier molecular flexibility index (Phi) is 16.9. The topological polar surface area (TPSA) is 188 Å². The lowest BCUT2D eigenvalue weighted by Gasteiger charge is -2.20. The van der Waals surface area contributed by atoms with Crippen LogP contribution in [0, 0.1) is 23.0 Å². The summed E-state index contributed by atoms with van der Waals surface area (Å²) in [6, 6.07) is 112. The van der Waals surface area contributed by atoms with Crippen molar-refractivity contribution in [2.75, 3.05) is 0 Å². The molecule has 0 amide bonds. The van der Waals surface area contributed by atoms with E-state index in [1.54, 1.807) is 12.1 Å². The molecule has 17 heteroatoms. The van der Waals surface area contributed by atoms with E-state index in [0.29, 0.717) is 114 Å². The van der Waals surface area contributed by atoms with Crippen LogP contribution in [0.3, 0.4) is 0 Å². The van der Waals surface area contributed by atoms with Gasteiger partial charge in [0, 0.05) is 93.9 Å². The third kappa shape index (κ3) is 12.5. The minimum atomic E-state index is -0.850. The molecule has 0 aliphatic carbocycles. The monoisotopic (exact) mass is 1470 g/mol. The van der Waals surface area contributed by atoms with Crippen LogP contribution in [0.5, 0.6) is 0 Å². The maximum absolute atomic E-state index is 17.9. The van der Waals surface area contributed by atoms with Gasteiger partial charge in [0.15, 0.2) is 69.9 Å². The van der Waals surface area contributed by atoms with Gasteiger partial charge in [0.1, 0.15) is 17.7 Å². The van der Waals surface area contributed by atoms with E-state index in [4.69, 9.17) is 59.8 Å². The van der Waals surface area contributed by atoms with Gasteiger partial charge in [-0.2, -0.15) is 5.26 Å². The largest absolute Gasteiger partial charge is 0.309 e. The second kappa shape index (κ2) is 28.6. The van der Waals surface area contributed by atoms with Crippen LogP contribution in [0.2, 0.25) is 0 Å². The lowest BCUT2D eigenvalue weighted by atomic mass is 9.98. The highest BCUT2D eigenvalue weighted by molar-refractivity contribution is 6.13. The molecule has 0 spiro atoms. The number of hydrogen-bond donors (Lipinski definition) is 0. The number of hydrogen-bond acceptors (Lipinski definition) is 13. The number of nitriles is 1. The fourth-order valence-corrected chi connectivity index (χ4v) is 14.9. The molecule has 534 valence electrons. The molecule has 0 fully saturated rings. The van der Waals surface area contributed by atoms with Crippen molar-refractivity contribution in [1.82, 2.24) is 68.9 Å². The van der Waals surface area contributed by atoms with Gasteiger partial charge in [-0.25, -0.2) is 68.6 Å². The van der Waals surface area contributed by atoms with E-state index in [1.807, 2.05) is 325 Å². The highest BCUT2D eigenvalue weighted by atomic mass is 19.1. The Bertz CT molecular complexity index is 6560. The molecule has 0 unspecified atom stereocenters. The number of benzene rings is 14. The number of rotatable bonds is 15. The lowest BCUT2D eigenvalue weighted by Crippen LogP contribution is -2.06. The molecule has 0 saturated heterocycles. The van der Waals surface area contributed by atoms with Crippen LogP contribution >= 0.6 is 0 Å². The predicted molar refractivity (Wildman–Crippen MR) is 444 cm³/mol. The summed E-state index contributed by atoms with van der Waals surface area (Å²) < 4.78 is 39.8. The van der Waals surface area contributed by atoms with Crippen molar-refractivity contribution in [3.05, 3.63) is 363 Å². The van der Waals surface area contributed by atoms with Crippen LogP contribution in [0.1, 0.15) is 5.56 Å². The van der Waals surface area contributed by atoms with Crippen molar-refractivity contribution in [1.29, 1.82) is 5.26 Å². The quantitative estimate of drug-likeness (QED) is 0.0944. The number of halogens is 2. The van der Waals surface area contributed by atoms with Gasteiger partial charge in [-0.15, -0.1) is 0 Å². The predicted octanol–water partition coefficient (Wildman–Crippen LogP) is 22.4. The molecule has 0 aliphatic heterocycles. The highest BCUT2D eigenvalue weighted by Gasteiger charge is 2.28. The summed E-state index contributed by atoms with van der Waals surface area (Å²) in [5.41, 5.74) is 11.5. The molecular formula is C97H57F2N15. The zero-order valence-electron chi connectivity index (χ0n) is 60.4. The summed E-state index contributed by atoms with van der Waals surface area (Å²) in [7, 11) is 0. The van der Waals surface area contributed by atoms with Gasteiger partial charge >= 0.3 is 0 Å². The molecule has 0 bridgehead atoms. The van der Waals surface area contributed by atoms with Crippen molar-refractivity contribution in [2.24, 2.45) is 0 Å². The fourth-order valence-electron chi connectivity index (χ4n) is 14.9. The number of fused-ring (bicyclic) bond motifs is 6. The van der Waals surface area contributed by atoms with Crippen molar-refractivity contribution in [2.45, 2.75) is 0 Å². The summed E-state index contributed by atoms with van der Waals surface area (Å²) in [6.07, 6.45) is 0. The van der Waals surface area contributed by atoms with E-state index >= 15 is 8.78 Å². The van der Waals surface area contributed by atoms with E-state index in [-0.39, 0.29) is 28.1 Å². The Morgan fingerprint density at radius 1 is 0.211 bits per heavy atom. The van der Waals surface area contributed by atoms with Gasteiger partial charge in [-0.1, -0.05) is 297 Å². The molecule has 6 heterocycles. The zero-order valence-corrected chi connectivity index (χ0v) is 60.4. The van der Waals surface area contributed by atoms with Gasteiger partial charge < -0.3 is 9.13 Å². The molecule has 14 aromatic carbocycles.